The third-order valence-electron chi connectivity index (χ3n) is 5.48. The Morgan fingerprint density at radius 3 is 3.08 bits per heavy atom. The van der Waals surface area contributed by atoms with Crippen LogP contribution in [0.1, 0.15) is 31.4 Å². The van der Waals surface area contributed by atoms with Gasteiger partial charge >= 0.3 is 0 Å². The molecule has 4 rings (SSSR count). The van der Waals surface area contributed by atoms with Gasteiger partial charge in [-0.15, -0.1) is 0 Å². The van der Waals surface area contributed by atoms with Crippen LogP contribution in [-0.2, 0) is 0 Å². The van der Waals surface area contributed by atoms with Gasteiger partial charge in [0.25, 0.3) is 0 Å². The normalized spacial score (nSPS) is 26.8. The molecule has 0 amide bonds. The van der Waals surface area contributed by atoms with Gasteiger partial charge in [-0.3, -0.25) is 0 Å². The first kappa shape index (κ1) is 15.6. The Bertz CT molecular complexity index is 668. The van der Waals surface area contributed by atoms with Gasteiger partial charge < -0.3 is 10.6 Å². The van der Waals surface area contributed by atoms with Crippen molar-refractivity contribution < 1.29 is 0 Å². The van der Waals surface area contributed by atoms with Crippen molar-refractivity contribution in [3.63, 3.8) is 0 Å². The SMILES string of the molecule is Cc1cc(-n2cccn2)nc(NCC2CCC3CNCCC3C2)n1. The first-order valence-electron chi connectivity index (χ1n) is 9.08. The van der Waals surface area contributed by atoms with Crippen LogP contribution >= 0.6 is 0 Å². The highest BCUT2D eigenvalue weighted by molar-refractivity contribution is 5.34. The summed E-state index contributed by atoms with van der Waals surface area (Å²) < 4.78 is 1.78. The third-order valence-corrected chi connectivity index (χ3v) is 5.48. The van der Waals surface area contributed by atoms with E-state index >= 15 is 0 Å². The molecule has 6 nitrogen and oxygen atoms in total. The molecule has 2 N–H and O–H groups in total. The van der Waals surface area contributed by atoms with E-state index in [4.69, 9.17) is 0 Å². The monoisotopic (exact) mass is 326 g/mol. The lowest BCUT2D eigenvalue weighted by atomic mass is 9.71. The number of nitrogens with one attached hydrogen (secondary N) is 2. The minimum atomic E-state index is 0.716. The summed E-state index contributed by atoms with van der Waals surface area (Å²) in [6, 6.07) is 3.86. The zero-order valence-corrected chi connectivity index (χ0v) is 14.3. The van der Waals surface area contributed by atoms with Crippen LogP contribution in [0.4, 0.5) is 5.95 Å². The van der Waals surface area contributed by atoms with Crippen LogP contribution in [0.15, 0.2) is 24.5 Å². The fourth-order valence-electron chi connectivity index (χ4n) is 4.19. The zero-order valence-electron chi connectivity index (χ0n) is 14.3. The Kier molecular flexibility index (Phi) is 4.47. The van der Waals surface area contributed by atoms with Gasteiger partial charge in [-0.05, 0) is 69.5 Å². The van der Waals surface area contributed by atoms with E-state index in [1.807, 2.05) is 25.3 Å². The van der Waals surface area contributed by atoms with Crippen LogP contribution in [0.3, 0.4) is 0 Å². The van der Waals surface area contributed by atoms with Gasteiger partial charge in [0.1, 0.15) is 0 Å². The average Bonchev–Trinajstić information content (AvgIpc) is 3.14. The minimum absolute atomic E-state index is 0.716. The summed E-state index contributed by atoms with van der Waals surface area (Å²) >= 11 is 0. The molecular weight excluding hydrogens is 300 g/mol. The summed E-state index contributed by atoms with van der Waals surface area (Å²) in [5.74, 6) is 4.08. The standard InChI is InChI=1S/C18H26N6/c1-13-9-17(24-8-2-6-21-24)23-18(22-13)20-11-14-3-4-16-12-19-7-5-15(16)10-14/h2,6,8-9,14-16,19H,3-5,7,10-12H2,1H3,(H,20,22,23). The molecule has 2 aromatic heterocycles. The first-order valence-corrected chi connectivity index (χ1v) is 9.08. The van der Waals surface area contributed by atoms with Crippen LogP contribution < -0.4 is 10.6 Å². The topological polar surface area (TPSA) is 67.7 Å². The summed E-state index contributed by atoms with van der Waals surface area (Å²) in [4.78, 5) is 9.15. The molecule has 2 aromatic rings. The molecule has 128 valence electrons. The number of aryl methyl sites for hydroxylation is 1. The Hall–Kier alpha value is -1.95. The van der Waals surface area contributed by atoms with E-state index < -0.39 is 0 Å². The van der Waals surface area contributed by atoms with Crippen molar-refractivity contribution in [3.05, 3.63) is 30.2 Å². The van der Waals surface area contributed by atoms with Crippen molar-refractivity contribution >= 4 is 5.95 Å². The molecule has 1 saturated carbocycles. The van der Waals surface area contributed by atoms with Crippen LogP contribution in [0.2, 0.25) is 0 Å². The smallest absolute Gasteiger partial charge is 0.224 e. The highest BCUT2D eigenvalue weighted by Gasteiger charge is 2.31. The van der Waals surface area contributed by atoms with Crippen molar-refractivity contribution in [1.82, 2.24) is 25.1 Å². The largest absolute Gasteiger partial charge is 0.354 e. The number of hydrogen-bond acceptors (Lipinski definition) is 5. The maximum atomic E-state index is 4.61. The Balaban J connectivity index is 1.39. The number of hydrogen-bond donors (Lipinski definition) is 2. The van der Waals surface area contributed by atoms with Crippen molar-refractivity contribution in [1.29, 1.82) is 0 Å². The lowest BCUT2D eigenvalue weighted by molar-refractivity contribution is 0.146. The summed E-state index contributed by atoms with van der Waals surface area (Å²) in [5.41, 5.74) is 0.958. The molecule has 3 heterocycles. The highest BCUT2D eigenvalue weighted by Crippen LogP contribution is 2.37. The van der Waals surface area contributed by atoms with Crippen LogP contribution in [0.5, 0.6) is 0 Å². The number of aromatic nitrogens is 4. The van der Waals surface area contributed by atoms with Crippen LogP contribution in [-0.4, -0.2) is 39.4 Å². The summed E-state index contributed by atoms with van der Waals surface area (Å²) in [6.45, 7) is 5.38. The number of nitrogens with zero attached hydrogens (tertiary/aromatic N) is 4. The predicted molar refractivity (Wildman–Crippen MR) is 94.2 cm³/mol. The summed E-state index contributed by atoms with van der Waals surface area (Å²) in [6.07, 6.45) is 9.03. The van der Waals surface area contributed by atoms with E-state index in [2.05, 4.69) is 25.7 Å². The van der Waals surface area contributed by atoms with E-state index in [0.717, 1.165) is 35.8 Å². The molecule has 6 heteroatoms. The molecule has 0 aromatic carbocycles. The predicted octanol–water partition coefficient (Wildman–Crippen LogP) is 2.41. The van der Waals surface area contributed by atoms with Crippen molar-refractivity contribution in [2.24, 2.45) is 17.8 Å². The van der Waals surface area contributed by atoms with E-state index in [1.165, 1.54) is 38.8 Å². The van der Waals surface area contributed by atoms with Crippen molar-refractivity contribution in [3.8, 4) is 5.82 Å². The molecule has 24 heavy (non-hydrogen) atoms. The molecule has 2 aliphatic rings. The van der Waals surface area contributed by atoms with Gasteiger partial charge in [-0.2, -0.15) is 10.1 Å². The van der Waals surface area contributed by atoms with E-state index in [0.29, 0.717) is 5.95 Å². The molecular formula is C18H26N6. The lowest BCUT2D eigenvalue weighted by Gasteiger charge is -2.39. The Labute approximate surface area is 143 Å². The second-order valence-corrected chi connectivity index (χ2v) is 7.21. The molecule has 3 atom stereocenters. The molecule has 0 spiro atoms. The van der Waals surface area contributed by atoms with Crippen LogP contribution in [0.25, 0.3) is 5.82 Å². The Morgan fingerprint density at radius 2 is 2.21 bits per heavy atom. The summed E-state index contributed by atoms with van der Waals surface area (Å²) in [7, 11) is 0. The van der Waals surface area contributed by atoms with Crippen molar-refractivity contribution in [2.45, 2.75) is 32.6 Å². The fourth-order valence-corrected chi connectivity index (χ4v) is 4.19. The quantitative estimate of drug-likeness (QED) is 0.903. The van der Waals surface area contributed by atoms with E-state index in [1.54, 1.807) is 10.9 Å². The second kappa shape index (κ2) is 6.89. The average molecular weight is 326 g/mol. The van der Waals surface area contributed by atoms with E-state index in [-0.39, 0.29) is 0 Å². The Morgan fingerprint density at radius 1 is 1.25 bits per heavy atom. The number of rotatable bonds is 4. The number of piperidine rings is 1. The van der Waals surface area contributed by atoms with Gasteiger partial charge in [-0.1, -0.05) is 0 Å². The maximum Gasteiger partial charge on any atom is 0.224 e. The molecule has 0 radical (unpaired) electrons. The van der Waals surface area contributed by atoms with Gasteiger partial charge in [0.05, 0.1) is 0 Å². The zero-order chi connectivity index (χ0) is 16.4. The van der Waals surface area contributed by atoms with Crippen molar-refractivity contribution in [2.75, 3.05) is 25.0 Å². The number of fused-ring (bicyclic) bond motifs is 1. The first-order chi connectivity index (χ1) is 11.8. The maximum absolute atomic E-state index is 4.61. The summed E-state index contributed by atoms with van der Waals surface area (Å²) in [5, 5.41) is 11.3. The molecule has 1 aliphatic carbocycles. The van der Waals surface area contributed by atoms with Gasteiger partial charge in [0, 0.05) is 30.7 Å². The van der Waals surface area contributed by atoms with Gasteiger partial charge in [0.2, 0.25) is 5.95 Å². The molecule has 0 bridgehead atoms. The number of anilines is 1. The molecule has 3 unspecified atom stereocenters. The molecule has 2 fully saturated rings. The lowest BCUT2D eigenvalue weighted by Crippen LogP contribution is -2.41. The van der Waals surface area contributed by atoms with E-state index in [9.17, 15) is 0 Å². The highest BCUT2D eigenvalue weighted by atomic mass is 15.3. The third kappa shape index (κ3) is 3.43. The molecule has 1 aliphatic heterocycles. The molecule has 1 saturated heterocycles. The van der Waals surface area contributed by atoms with Crippen LogP contribution in [0, 0.1) is 24.7 Å². The fraction of sp³-hybridized carbons (Fsp3) is 0.611. The second-order valence-electron chi connectivity index (χ2n) is 7.21. The van der Waals surface area contributed by atoms with Gasteiger partial charge in [-0.25, -0.2) is 9.67 Å². The minimum Gasteiger partial charge on any atom is -0.354 e. The van der Waals surface area contributed by atoms with Gasteiger partial charge in [0.15, 0.2) is 5.82 Å².